The van der Waals surface area contributed by atoms with E-state index in [0.29, 0.717) is 0 Å². The van der Waals surface area contributed by atoms with Crippen LogP contribution in [0.25, 0.3) is 0 Å². The molecule has 20 heavy (non-hydrogen) atoms. The van der Waals surface area contributed by atoms with Crippen LogP contribution in [-0.4, -0.2) is 19.1 Å². The molecule has 0 aliphatic carbocycles. The van der Waals surface area contributed by atoms with Gasteiger partial charge in [-0.2, -0.15) is 0 Å². The van der Waals surface area contributed by atoms with Crippen LogP contribution in [0.3, 0.4) is 0 Å². The normalized spacial score (nSPS) is 10.6. The molecule has 3 nitrogen and oxygen atoms in total. The molecule has 0 fully saturated rings. The topological polar surface area (TPSA) is 28.2 Å². The first-order valence-corrected chi connectivity index (χ1v) is 6.97. The van der Waals surface area contributed by atoms with E-state index in [-0.39, 0.29) is 0 Å². The second kappa shape index (κ2) is 6.53. The smallest absolute Gasteiger partial charge is 0.131 e. The predicted octanol–water partition coefficient (Wildman–Crippen LogP) is 3.05. The number of hydrogen-bond acceptors (Lipinski definition) is 3. The molecule has 0 amide bonds. The lowest BCUT2D eigenvalue weighted by Crippen LogP contribution is -2.19. The van der Waals surface area contributed by atoms with Gasteiger partial charge in [0.25, 0.3) is 0 Å². The fourth-order valence-electron chi connectivity index (χ4n) is 2.44. The van der Waals surface area contributed by atoms with Gasteiger partial charge in [0.15, 0.2) is 0 Å². The molecule has 1 aromatic carbocycles. The van der Waals surface area contributed by atoms with Crippen molar-refractivity contribution in [3.63, 3.8) is 0 Å². The van der Waals surface area contributed by atoms with Crippen molar-refractivity contribution in [1.29, 1.82) is 0 Å². The van der Waals surface area contributed by atoms with E-state index in [1.807, 2.05) is 13.2 Å². The zero-order chi connectivity index (χ0) is 14.5. The number of anilines is 1. The summed E-state index contributed by atoms with van der Waals surface area (Å²) in [6, 6.07) is 10.7. The third kappa shape index (κ3) is 3.36. The fraction of sp³-hybridized carbons (Fsp3) is 0.353. The van der Waals surface area contributed by atoms with Gasteiger partial charge in [-0.05, 0) is 49.2 Å². The highest BCUT2D eigenvalue weighted by atomic mass is 15.2. The molecule has 2 aromatic rings. The molecule has 0 saturated carbocycles. The van der Waals surface area contributed by atoms with Crippen molar-refractivity contribution in [2.24, 2.45) is 0 Å². The van der Waals surface area contributed by atoms with Crippen molar-refractivity contribution < 1.29 is 0 Å². The van der Waals surface area contributed by atoms with Gasteiger partial charge >= 0.3 is 0 Å². The Morgan fingerprint density at radius 2 is 1.90 bits per heavy atom. The van der Waals surface area contributed by atoms with Crippen LogP contribution in [0.15, 0.2) is 36.5 Å². The fourth-order valence-corrected chi connectivity index (χ4v) is 2.44. The summed E-state index contributed by atoms with van der Waals surface area (Å²) in [5.41, 5.74) is 5.10. The first-order chi connectivity index (χ1) is 9.61. The third-order valence-corrected chi connectivity index (χ3v) is 3.52. The number of aromatic nitrogens is 1. The van der Waals surface area contributed by atoms with Crippen molar-refractivity contribution >= 4 is 5.82 Å². The standard InChI is InChI=1S/C17H23N3/c1-13-7-5-6-8-16(13)12-20(4)17-14(2)9-15(10-18-3)11-19-17/h5-9,11,18H,10,12H2,1-4H3. The summed E-state index contributed by atoms with van der Waals surface area (Å²) in [6.07, 6.45) is 1.95. The van der Waals surface area contributed by atoms with Crippen molar-refractivity contribution in [3.8, 4) is 0 Å². The van der Waals surface area contributed by atoms with Crippen LogP contribution < -0.4 is 10.2 Å². The Morgan fingerprint density at radius 1 is 1.15 bits per heavy atom. The monoisotopic (exact) mass is 269 g/mol. The summed E-state index contributed by atoms with van der Waals surface area (Å²) < 4.78 is 0. The number of nitrogens with one attached hydrogen (secondary N) is 1. The Balaban J connectivity index is 2.17. The van der Waals surface area contributed by atoms with Gasteiger partial charge in [0.2, 0.25) is 0 Å². The Bertz CT molecular complexity index is 578. The SMILES string of the molecule is CNCc1cnc(N(C)Cc2ccccc2C)c(C)c1. The van der Waals surface area contributed by atoms with Gasteiger partial charge in [-0.25, -0.2) is 4.98 Å². The molecule has 1 heterocycles. The summed E-state index contributed by atoms with van der Waals surface area (Å²) in [5.74, 6) is 1.05. The minimum absolute atomic E-state index is 0.857. The number of nitrogens with zero attached hydrogens (tertiary/aromatic N) is 2. The number of hydrogen-bond donors (Lipinski definition) is 1. The summed E-state index contributed by atoms with van der Waals surface area (Å²) >= 11 is 0. The summed E-state index contributed by atoms with van der Waals surface area (Å²) in [7, 11) is 4.05. The quantitative estimate of drug-likeness (QED) is 0.904. The van der Waals surface area contributed by atoms with Gasteiger partial charge < -0.3 is 10.2 Å². The highest BCUT2D eigenvalue weighted by molar-refractivity contribution is 5.47. The van der Waals surface area contributed by atoms with Crippen LogP contribution in [-0.2, 0) is 13.1 Å². The van der Waals surface area contributed by atoms with E-state index < -0.39 is 0 Å². The molecule has 3 heteroatoms. The second-order valence-electron chi connectivity index (χ2n) is 5.30. The molecule has 1 aromatic heterocycles. The maximum atomic E-state index is 4.61. The van der Waals surface area contributed by atoms with Gasteiger partial charge in [-0.3, -0.25) is 0 Å². The Morgan fingerprint density at radius 3 is 2.55 bits per heavy atom. The highest BCUT2D eigenvalue weighted by Crippen LogP contribution is 2.19. The largest absolute Gasteiger partial charge is 0.355 e. The van der Waals surface area contributed by atoms with Gasteiger partial charge in [0, 0.05) is 26.3 Å². The van der Waals surface area contributed by atoms with Crippen LogP contribution in [0.5, 0.6) is 0 Å². The molecule has 0 aliphatic rings. The molecule has 2 rings (SSSR count). The number of pyridine rings is 1. The molecule has 0 atom stereocenters. The second-order valence-corrected chi connectivity index (χ2v) is 5.30. The van der Waals surface area contributed by atoms with Gasteiger partial charge in [0.05, 0.1) is 0 Å². The average Bonchev–Trinajstić information content (AvgIpc) is 2.42. The molecule has 1 N–H and O–H groups in total. The lowest BCUT2D eigenvalue weighted by molar-refractivity contribution is 0.807. The molecule has 106 valence electrons. The van der Waals surface area contributed by atoms with Gasteiger partial charge in [0.1, 0.15) is 5.82 Å². The van der Waals surface area contributed by atoms with E-state index in [4.69, 9.17) is 0 Å². The van der Waals surface area contributed by atoms with E-state index in [1.54, 1.807) is 0 Å². The Kier molecular flexibility index (Phi) is 4.74. The maximum Gasteiger partial charge on any atom is 0.131 e. The van der Waals surface area contributed by atoms with Crippen LogP contribution in [0.2, 0.25) is 0 Å². The molecule has 0 spiro atoms. The predicted molar refractivity (Wildman–Crippen MR) is 85.0 cm³/mol. The minimum atomic E-state index is 0.857. The molecule has 0 unspecified atom stereocenters. The van der Waals surface area contributed by atoms with Crippen molar-refractivity contribution in [2.45, 2.75) is 26.9 Å². The van der Waals surface area contributed by atoms with E-state index in [1.165, 1.54) is 22.3 Å². The Labute approximate surface area is 121 Å². The number of rotatable bonds is 5. The zero-order valence-corrected chi connectivity index (χ0v) is 12.8. The molecular weight excluding hydrogens is 246 g/mol. The molecule has 0 bridgehead atoms. The lowest BCUT2D eigenvalue weighted by Gasteiger charge is -2.21. The zero-order valence-electron chi connectivity index (χ0n) is 12.8. The van der Waals surface area contributed by atoms with Crippen LogP contribution in [0, 0.1) is 13.8 Å². The number of benzene rings is 1. The van der Waals surface area contributed by atoms with E-state index in [0.717, 1.165) is 18.9 Å². The third-order valence-electron chi connectivity index (χ3n) is 3.52. The average molecular weight is 269 g/mol. The molecule has 0 aliphatic heterocycles. The van der Waals surface area contributed by atoms with Gasteiger partial charge in [-0.1, -0.05) is 24.3 Å². The summed E-state index contributed by atoms with van der Waals surface area (Å²) in [4.78, 5) is 6.82. The summed E-state index contributed by atoms with van der Waals surface area (Å²) in [6.45, 7) is 6.01. The van der Waals surface area contributed by atoms with Crippen molar-refractivity contribution in [3.05, 3.63) is 58.8 Å². The Hall–Kier alpha value is -1.87. The van der Waals surface area contributed by atoms with Gasteiger partial charge in [-0.15, -0.1) is 0 Å². The minimum Gasteiger partial charge on any atom is -0.355 e. The first kappa shape index (κ1) is 14.5. The maximum absolute atomic E-state index is 4.61. The summed E-state index contributed by atoms with van der Waals surface area (Å²) in [5, 5.41) is 3.15. The van der Waals surface area contributed by atoms with Crippen molar-refractivity contribution in [2.75, 3.05) is 19.0 Å². The van der Waals surface area contributed by atoms with Crippen LogP contribution >= 0.6 is 0 Å². The number of aryl methyl sites for hydroxylation is 2. The van der Waals surface area contributed by atoms with Crippen LogP contribution in [0.1, 0.15) is 22.3 Å². The molecule has 0 radical (unpaired) electrons. The molecule has 0 saturated heterocycles. The van der Waals surface area contributed by atoms with E-state index in [9.17, 15) is 0 Å². The van der Waals surface area contributed by atoms with Crippen molar-refractivity contribution in [1.82, 2.24) is 10.3 Å². The van der Waals surface area contributed by atoms with Crippen LogP contribution in [0.4, 0.5) is 5.82 Å². The van der Waals surface area contributed by atoms with E-state index in [2.05, 4.69) is 66.4 Å². The lowest BCUT2D eigenvalue weighted by atomic mass is 10.1. The first-order valence-electron chi connectivity index (χ1n) is 6.97. The van der Waals surface area contributed by atoms with E-state index >= 15 is 0 Å². The highest BCUT2D eigenvalue weighted by Gasteiger charge is 2.09. The molecular formula is C17H23N3.